The van der Waals surface area contributed by atoms with Crippen LogP contribution in [0.4, 0.5) is 13.2 Å². The molecule has 0 aliphatic carbocycles. The molecule has 0 fully saturated rings. The first-order chi connectivity index (χ1) is 8.30. The Morgan fingerprint density at radius 2 is 1.84 bits per heavy atom. The molecule has 0 bridgehead atoms. The number of amides is 1. The number of halogens is 4. The molecule has 1 aromatic rings. The number of nitrogens with two attached hydrogens (primary N) is 1. The van der Waals surface area contributed by atoms with Crippen LogP contribution in [0.25, 0.3) is 0 Å². The summed E-state index contributed by atoms with van der Waals surface area (Å²) >= 11 is 0. The molecule has 0 aliphatic heterocycles. The van der Waals surface area contributed by atoms with Crippen LogP contribution in [0.15, 0.2) is 30.3 Å². The second kappa shape index (κ2) is 7.35. The van der Waals surface area contributed by atoms with Gasteiger partial charge in [0.25, 0.3) is 0 Å². The summed E-state index contributed by atoms with van der Waals surface area (Å²) in [5.41, 5.74) is 5.75. The summed E-state index contributed by atoms with van der Waals surface area (Å²) in [6, 6.07) is 5.29. The van der Waals surface area contributed by atoms with E-state index in [1.165, 1.54) is 6.92 Å². The first-order valence-corrected chi connectivity index (χ1v) is 5.47. The summed E-state index contributed by atoms with van der Waals surface area (Å²) in [6.07, 6.45) is -4.80. The number of nitrogens with one attached hydrogen (secondary N) is 1. The molecule has 0 radical (unpaired) electrons. The fourth-order valence-corrected chi connectivity index (χ4v) is 1.40. The predicted molar refractivity (Wildman–Crippen MR) is 69.0 cm³/mol. The van der Waals surface area contributed by atoms with E-state index >= 15 is 0 Å². The molecule has 1 unspecified atom stereocenters. The molecule has 0 heterocycles. The number of benzene rings is 1. The quantitative estimate of drug-likeness (QED) is 0.893. The highest BCUT2D eigenvalue weighted by Crippen LogP contribution is 2.23. The van der Waals surface area contributed by atoms with Crippen LogP contribution in [-0.2, 0) is 11.2 Å². The smallest absolute Gasteiger partial charge is 0.343 e. The number of carbonyl (C=O) groups excluding carboxylic acids is 1. The molecule has 3 N–H and O–H groups in total. The maximum atomic E-state index is 12.8. The van der Waals surface area contributed by atoms with Gasteiger partial charge in [-0.2, -0.15) is 13.2 Å². The molecule has 0 saturated carbocycles. The summed E-state index contributed by atoms with van der Waals surface area (Å²) in [5, 5.41) is 1.92. The second-order valence-electron chi connectivity index (χ2n) is 4.08. The molecule has 1 rings (SSSR count). The van der Waals surface area contributed by atoms with Crippen LogP contribution in [0.2, 0.25) is 0 Å². The number of rotatable bonds is 4. The van der Waals surface area contributed by atoms with Gasteiger partial charge in [0.1, 0.15) is 6.04 Å². The first kappa shape index (κ1) is 17.7. The van der Waals surface area contributed by atoms with E-state index in [4.69, 9.17) is 5.73 Å². The van der Waals surface area contributed by atoms with Crippen LogP contribution in [0.5, 0.6) is 0 Å². The van der Waals surface area contributed by atoms with E-state index in [-0.39, 0.29) is 18.8 Å². The number of carbonyl (C=O) groups is 1. The lowest BCUT2D eigenvalue weighted by Crippen LogP contribution is -2.51. The Hall–Kier alpha value is -1.27. The summed E-state index contributed by atoms with van der Waals surface area (Å²) in [7, 11) is 0. The van der Waals surface area contributed by atoms with Crippen molar-refractivity contribution in [2.45, 2.75) is 31.6 Å². The molecule has 19 heavy (non-hydrogen) atoms. The fourth-order valence-electron chi connectivity index (χ4n) is 1.40. The highest BCUT2D eigenvalue weighted by molar-refractivity contribution is 5.85. The van der Waals surface area contributed by atoms with Gasteiger partial charge in [0.15, 0.2) is 0 Å². The van der Waals surface area contributed by atoms with Crippen molar-refractivity contribution in [3.8, 4) is 0 Å². The summed E-state index contributed by atoms with van der Waals surface area (Å²) in [4.78, 5) is 11.3. The minimum absolute atomic E-state index is 0. The lowest BCUT2D eigenvalue weighted by atomic mass is 10.1. The van der Waals surface area contributed by atoms with Crippen LogP contribution in [0.3, 0.4) is 0 Å². The Labute approximate surface area is 115 Å². The van der Waals surface area contributed by atoms with Crippen molar-refractivity contribution in [1.29, 1.82) is 0 Å². The van der Waals surface area contributed by atoms with Crippen molar-refractivity contribution < 1.29 is 18.0 Å². The lowest BCUT2D eigenvalue weighted by molar-refractivity contribution is -0.161. The van der Waals surface area contributed by atoms with Crippen LogP contribution < -0.4 is 11.1 Å². The summed E-state index contributed by atoms with van der Waals surface area (Å²) in [6.45, 7) is 1.34. The molecule has 1 aromatic carbocycles. The zero-order chi connectivity index (χ0) is 13.8. The van der Waals surface area contributed by atoms with Gasteiger partial charge in [0.2, 0.25) is 5.91 Å². The molecule has 0 spiro atoms. The van der Waals surface area contributed by atoms with Crippen molar-refractivity contribution >= 4 is 18.3 Å². The van der Waals surface area contributed by atoms with Gasteiger partial charge in [-0.3, -0.25) is 4.79 Å². The minimum atomic E-state index is -4.50. The van der Waals surface area contributed by atoms with Crippen molar-refractivity contribution in [1.82, 2.24) is 5.32 Å². The largest absolute Gasteiger partial charge is 0.408 e. The van der Waals surface area contributed by atoms with Crippen molar-refractivity contribution in [3.63, 3.8) is 0 Å². The topological polar surface area (TPSA) is 55.1 Å². The zero-order valence-electron chi connectivity index (χ0n) is 10.3. The Kier molecular flexibility index (Phi) is 6.86. The van der Waals surface area contributed by atoms with Crippen LogP contribution in [0, 0.1) is 0 Å². The third kappa shape index (κ3) is 5.94. The number of hydrogen-bond donors (Lipinski definition) is 2. The van der Waals surface area contributed by atoms with Crippen molar-refractivity contribution in [3.05, 3.63) is 35.9 Å². The Morgan fingerprint density at radius 1 is 1.32 bits per heavy atom. The van der Waals surface area contributed by atoms with E-state index in [9.17, 15) is 18.0 Å². The SMILES string of the molecule is C[C@H](N)C(=O)NC(Cc1ccccc1)C(F)(F)F.Cl. The van der Waals surface area contributed by atoms with Gasteiger partial charge in [0.05, 0.1) is 6.04 Å². The average Bonchev–Trinajstić information content (AvgIpc) is 2.28. The standard InChI is InChI=1S/C12H15F3N2O.ClH/c1-8(16)11(18)17-10(12(13,14)15)7-9-5-3-2-4-6-9;/h2-6,8,10H,7,16H2,1H3,(H,17,18);1H/t8-,10?;/m0./s1. The molecule has 0 aromatic heterocycles. The summed E-state index contributed by atoms with van der Waals surface area (Å²) < 4.78 is 38.3. The van der Waals surface area contributed by atoms with E-state index in [2.05, 4.69) is 0 Å². The molecule has 7 heteroatoms. The van der Waals surface area contributed by atoms with Gasteiger partial charge in [-0.15, -0.1) is 12.4 Å². The van der Waals surface area contributed by atoms with E-state index in [1.54, 1.807) is 30.3 Å². The third-order valence-corrected chi connectivity index (χ3v) is 2.41. The maximum Gasteiger partial charge on any atom is 0.408 e. The van der Waals surface area contributed by atoms with Gasteiger partial charge in [-0.05, 0) is 12.5 Å². The number of alkyl halides is 3. The molecule has 0 aliphatic rings. The Bertz CT molecular complexity index is 396. The molecule has 1 amide bonds. The monoisotopic (exact) mass is 296 g/mol. The molecular formula is C12H16ClF3N2O. The maximum absolute atomic E-state index is 12.8. The molecule has 3 nitrogen and oxygen atoms in total. The normalized spacial score (nSPS) is 14.2. The van der Waals surface area contributed by atoms with Crippen molar-refractivity contribution in [2.24, 2.45) is 5.73 Å². The molecule has 2 atom stereocenters. The highest BCUT2D eigenvalue weighted by atomic mass is 35.5. The van der Waals surface area contributed by atoms with Crippen LogP contribution >= 0.6 is 12.4 Å². The average molecular weight is 297 g/mol. The summed E-state index contributed by atoms with van der Waals surface area (Å²) in [5.74, 6) is -0.812. The third-order valence-electron chi connectivity index (χ3n) is 2.41. The molecule has 0 saturated heterocycles. The van der Waals surface area contributed by atoms with Gasteiger partial charge >= 0.3 is 6.18 Å². The van der Waals surface area contributed by atoms with Gasteiger partial charge in [-0.25, -0.2) is 0 Å². The van der Waals surface area contributed by atoms with E-state index in [1.807, 2.05) is 5.32 Å². The molecule has 108 valence electrons. The number of hydrogen-bond acceptors (Lipinski definition) is 2. The van der Waals surface area contributed by atoms with Gasteiger partial charge < -0.3 is 11.1 Å². The Morgan fingerprint density at radius 3 is 2.26 bits per heavy atom. The van der Waals surface area contributed by atoms with Gasteiger partial charge in [0, 0.05) is 6.42 Å². The van der Waals surface area contributed by atoms with E-state index < -0.39 is 24.2 Å². The van der Waals surface area contributed by atoms with Crippen LogP contribution in [-0.4, -0.2) is 24.2 Å². The van der Waals surface area contributed by atoms with E-state index in [0.717, 1.165) is 0 Å². The first-order valence-electron chi connectivity index (χ1n) is 5.47. The fraction of sp³-hybridized carbons (Fsp3) is 0.417. The minimum Gasteiger partial charge on any atom is -0.343 e. The van der Waals surface area contributed by atoms with Gasteiger partial charge in [-0.1, -0.05) is 30.3 Å². The van der Waals surface area contributed by atoms with E-state index in [0.29, 0.717) is 5.56 Å². The van der Waals surface area contributed by atoms with Crippen LogP contribution in [0.1, 0.15) is 12.5 Å². The predicted octanol–water partition coefficient (Wildman–Crippen LogP) is 2.05. The van der Waals surface area contributed by atoms with Crippen molar-refractivity contribution in [2.75, 3.05) is 0 Å². The Balaban J connectivity index is 0.00000324. The lowest BCUT2D eigenvalue weighted by Gasteiger charge is -2.22. The second-order valence-corrected chi connectivity index (χ2v) is 4.08. The zero-order valence-corrected chi connectivity index (χ0v) is 11.1. The highest BCUT2D eigenvalue weighted by Gasteiger charge is 2.40. The molecular weight excluding hydrogens is 281 g/mol.